The summed E-state index contributed by atoms with van der Waals surface area (Å²) in [6.07, 6.45) is 10.9. The zero-order valence-electron chi connectivity index (χ0n) is 16.2. The Kier molecular flexibility index (Phi) is 6.10. The standard InChI is InChI=1S/C22H33OP/c1-16-8-7-11-21(3,4)19(16)9-12-24-13-10-20-17(2)14-18(23)15-22(20,5)6/h8-10,12-13,18,23H,7,11,14-15H2,1-6H3/p+1/b13-10+,19-9?/t18-/m1/s1. The molecule has 24 heavy (non-hydrogen) atoms. The molecule has 0 amide bonds. The highest BCUT2D eigenvalue weighted by atomic mass is 31.1. The Bertz CT molecular complexity index is 626. The van der Waals surface area contributed by atoms with Gasteiger partial charge in [-0.3, -0.25) is 0 Å². The fraction of sp³-hybridized carbons (Fsp3) is 0.591. The van der Waals surface area contributed by atoms with E-state index in [-0.39, 0.29) is 11.5 Å². The molecule has 0 bridgehead atoms. The van der Waals surface area contributed by atoms with E-state index >= 15 is 0 Å². The summed E-state index contributed by atoms with van der Waals surface area (Å²) < 4.78 is 0. The van der Waals surface area contributed by atoms with Gasteiger partial charge < -0.3 is 5.11 Å². The van der Waals surface area contributed by atoms with Crippen LogP contribution in [0.1, 0.15) is 67.2 Å². The summed E-state index contributed by atoms with van der Waals surface area (Å²) in [7, 11) is 0.700. The molecule has 0 aromatic rings. The first-order valence-electron chi connectivity index (χ1n) is 9.15. The SMILES string of the molecule is CC1=CCCC(C)(C)C1=CC=[PH+]/C=C/C1=C(C)C[C@@H](O)CC1(C)C. The molecule has 0 saturated heterocycles. The maximum Gasteiger partial charge on any atom is 0.111 e. The molecular weight excluding hydrogens is 311 g/mol. The molecule has 0 aromatic carbocycles. The molecule has 2 heteroatoms. The summed E-state index contributed by atoms with van der Waals surface area (Å²) >= 11 is 0. The van der Waals surface area contributed by atoms with Crippen LogP contribution in [0.5, 0.6) is 0 Å². The Morgan fingerprint density at radius 1 is 1.17 bits per heavy atom. The lowest BCUT2D eigenvalue weighted by Gasteiger charge is -2.35. The van der Waals surface area contributed by atoms with Gasteiger partial charge in [0.2, 0.25) is 0 Å². The summed E-state index contributed by atoms with van der Waals surface area (Å²) in [5.41, 5.74) is 6.06. The highest BCUT2D eigenvalue weighted by Crippen LogP contribution is 2.41. The van der Waals surface area contributed by atoms with Crippen molar-refractivity contribution < 1.29 is 5.11 Å². The molecule has 0 aromatic heterocycles. The van der Waals surface area contributed by atoms with Gasteiger partial charge in [0.15, 0.2) is 0 Å². The summed E-state index contributed by atoms with van der Waals surface area (Å²) in [5, 5.41) is 9.99. The highest BCUT2D eigenvalue weighted by Gasteiger charge is 2.31. The Hall–Kier alpha value is -0.910. The lowest BCUT2D eigenvalue weighted by Crippen LogP contribution is -2.28. The summed E-state index contributed by atoms with van der Waals surface area (Å²) in [4.78, 5) is 0. The molecule has 132 valence electrons. The van der Waals surface area contributed by atoms with Crippen LogP contribution in [0.4, 0.5) is 0 Å². The van der Waals surface area contributed by atoms with Crippen molar-refractivity contribution >= 4 is 14.0 Å². The maximum absolute atomic E-state index is 9.99. The van der Waals surface area contributed by atoms with Gasteiger partial charge in [-0.1, -0.05) is 44.9 Å². The second-order valence-corrected chi connectivity index (χ2v) is 9.70. The van der Waals surface area contributed by atoms with Crippen molar-refractivity contribution in [1.82, 2.24) is 0 Å². The number of rotatable bonds is 3. The van der Waals surface area contributed by atoms with Crippen LogP contribution in [0.15, 0.2) is 46.3 Å². The van der Waals surface area contributed by atoms with Gasteiger partial charge in [0.1, 0.15) is 19.8 Å². The van der Waals surface area contributed by atoms with Crippen LogP contribution in [-0.4, -0.2) is 17.0 Å². The zero-order valence-corrected chi connectivity index (χ0v) is 17.2. The van der Waals surface area contributed by atoms with E-state index in [4.69, 9.17) is 0 Å². The van der Waals surface area contributed by atoms with E-state index in [0.717, 1.165) is 12.8 Å². The molecule has 0 aliphatic heterocycles. The first-order valence-corrected chi connectivity index (χ1v) is 10.3. The molecular formula is C22H34OP+. The number of hydrogen-bond donors (Lipinski definition) is 1. The average molecular weight is 345 g/mol. The third kappa shape index (κ3) is 4.58. The van der Waals surface area contributed by atoms with Gasteiger partial charge in [-0.2, -0.15) is 0 Å². The van der Waals surface area contributed by atoms with Gasteiger partial charge >= 0.3 is 0 Å². The predicted molar refractivity (Wildman–Crippen MR) is 110 cm³/mol. The fourth-order valence-electron chi connectivity index (χ4n) is 4.28. The van der Waals surface area contributed by atoms with Gasteiger partial charge in [0, 0.05) is 0 Å². The van der Waals surface area contributed by atoms with Gasteiger partial charge in [-0.25, -0.2) is 0 Å². The minimum atomic E-state index is -0.181. The van der Waals surface area contributed by atoms with E-state index in [1.807, 2.05) is 0 Å². The van der Waals surface area contributed by atoms with Gasteiger partial charge in [-0.05, 0) is 73.7 Å². The molecule has 0 fully saturated rings. The van der Waals surface area contributed by atoms with Crippen molar-refractivity contribution in [3.8, 4) is 0 Å². The second-order valence-electron chi connectivity index (χ2n) is 8.70. The third-order valence-electron chi connectivity index (χ3n) is 5.54. The first-order chi connectivity index (χ1) is 11.1. The topological polar surface area (TPSA) is 20.2 Å². The van der Waals surface area contributed by atoms with Gasteiger partial charge in [0.25, 0.3) is 0 Å². The molecule has 0 radical (unpaired) electrons. The average Bonchev–Trinajstić information content (AvgIpc) is 2.42. The monoisotopic (exact) mass is 345 g/mol. The zero-order chi connectivity index (χ0) is 18.0. The Balaban J connectivity index is 2.13. The fourth-order valence-corrected chi connectivity index (χ4v) is 4.92. The molecule has 0 heterocycles. The summed E-state index contributed by atoms with van der Waals surface area (Å²) in [6.45, 7) is 13.6. The number of hydrogen-bond acceptors (Lipinski definition) is 1. The molecule has 1 unspecified atom stereocenters. The number of aliphatic hydroxyl groups excluding tert-OH is 1. The van der Waals surface area contributed by atoms with Crippen molar-refractivity contribution in [2.45, 2.75) is 73.3 Å². The van der Waals surface area contributed by atoms with Crippen molar-refractivity contribution in [1.29, 1.82) is 0 Å². The van der Waals surface area contributed by atoms with Crippen LogP contribution in [-0.2, 0) is 0 Å². The predicted octanol–water partition coefficient (Wildman–Crippen LogP) is 6.17. The van der Waals surface area contributed by atoms with Crippen LogP contribution in [0, 0.1) is 10.8 Å². The lowest BCUT2D eigenvalue weighted by atomic mass is 9.72. The third-order valence-corrected chi connectivity index (χ3v) is 6.26. The quantitative estimate of drug-likeness (QED) is 0.606. The Morgan fingerprint density at radius 2 is 1.88 bits per heavy atom. The number of aliphatic hydroxyl groups is 1. The van der Waals surface area contributed by atoms with Gasteiger partial charge in [-0.15, -0.1) is 0 Å². The minimum Gasteiger partial charge on any atom is -0.393 e. The Labute approximate surface area is 150 Å². The largest absolute Gasteiger partial charge is 0.393 e. The summed E-state index contributed by atoms with van der Waals surface area (Å²) in [5.74, 6) is 4.61. The molecule has 0 spiro atoms. The van der Waals surface area contributed by atoms with E-state index in [1.165, 1.54) is 35.1 Å². The molecule has 2 rings (SSSR count). The molecule has 2 aliphatic carbocycles. The van der Waals surface area contributed by atoms with Crippen molar-refractivity contribution in [3.63, 3.8) is 0 Å². The van der Waals surface area contributed by atoms with Crippen molar-refractivity contribution in [2.24, 2.45) is 10.8 Å². The molecule has 2 aliphatic rings. The van der Waals surface area contributed by atoms with Crippen LogP contribution >= 0.6 is 8.20 Å². The van der Waals surface area contributed by atoms with Crippen LogP contribution in [0.3, 0.4) is 0 Å². The Morgan fingerprint density at radius 3 is 2.50 bits per heavy atom. The summed E-state index contributed by atoms with van der Waals surface area (Å²) in [6, 6.07) is 0. The molecule has 2 atom stereocenters. The highest BCUT2D eigenvalue weighted by molar-refractivity contribution is 7.42. The van der Waals surface area contributed by atoms with E-state index in [0.29, 0.717) is 13.6 Å². The number of allylic oxidation sites excluding steroid dienone is 6. The smallest absolute Gasteiger partial charge is 0.111 e. The van der Waals surface area contributed by atoms with Gasteiger partial charge in [0.05, 0.1) is 6.10 Å². The first kappa shape index (κ1) is 19.4. The molecule has 1 nitrogen and oxygen atoms in total. The van der Waals surface area contributed by atoms with Crippen molar-refractivity contribution in [3.05, 3.63) is 46.3 Å². The second kappa shape index (κ2) is 7.54. The lowest BCUT2D eigenvalue weighted by molar-refractivity contribution is 0.116. The normalized spacial score (nSPS) is 28.9. The minimum absolute atomic E-state index is 0.0753. The van der Waals surface area contributed by atoms with Crippen LogP contribution in [0.25, 0.3) is 0 Å². The van der Waals surface area contributed by atoms with E-state index in [9.17, 15) is 5.11 Å². The van der Waals surface area contributed by atoms with Crippen LogP contribution < -0.4 is 0 Å². The van der Waals surface area contributed by atoms with E-state index < -0.39 is 0 Å². The van der Waals surface area contributed by atoms with Crippen LogP contribution in [0.2, 0.25) is 0 Å². The molecule has 1 N–H and O–H groups in total. The van der Waals surface area contributed by atoms with E-state index in [2.05, 4.69) is 71.4 Å². The van der Waals surface area contributed by atoms with E-state index in [1.54, 1.807) is 0 Å². The molecule has 0 saturated carbocycles. The maximum atomic E-state index is 9.99. The van der Waals surface area contributed by atoms with Crippen molar-refractivity contribution in [2.75, 3.05) is 0 Å².